The summed E-state index contributed by atoms with van der Waals surface area (Å²) < 4.78 is 49.4. The second-order valence-corrected chi connectivity index (χ2v) is 5.53. The summed E-state index contributed by atoms with van der Waals surface area (Å²) in [5.41, 5.74) is -0.497. The van der Waals surface area contributed by atoms with E-state index in [4.69, 9.17) is 9.47 Å². The first-order chi connectivity index (χ1) is 11.7. The van der Waals surface area contributed by atoms with E-state index in [1.165, 1.54) is 31.5 Å². The molecule has 0 aliphatic rings. The van der Waals surface area contributed by atoms with E-state index < -0.39 is 11.7 Å². The molecule has 0 saturated carbocycles. The van der Waals surface area contributed by atoms with Gasteiger partial charge in [-0.1, -0.05) is 0 Å². The fraction of sp³-hybridized carbons (Fsp3) is 0.278. The maximum absolute atomic E-state index is 12.9. The summed E-state index contributed by atoms with van der Waals surface area (Å²) in [6.07, 6.45) is -3.45. The predicted molar refractivity (Wildman–Crippen MR) is 89.1 cm³/mol. The number of aromatic hydroxyl groups is 1. The summed E-state index contributed by atoms with van der Waals surface area (Å²) in [5, 5.41) is 9.85. The van der Waals surface area contributed by atoms with E-state index in [2.05, 4.69) is 4.99 Å². The average Bonchev–Trinajstić information content (AvgIpc) is 2.53. The molecule has 1 N–H and O–H groups in total. The Kier molecular flexibility index (Phi) is 5.56. The number of phenols is 1. The Morgan fingerprint density at radius 3 is 2.44 bits per heavy atom. The molecule has 0 radical (unpaired) electrons. The number of methoxy groups -OCH3 is 1. The fourth-order valence-corrected chi connectivity index (χ4v) is 2.05. The van der Waals surface area contributed by atoms with Gasteiger partial charge in [-0.25, -0.2) is 0 Å². The molecule has 4 nitrogen and oxygen atoms in total. The molecule has 2 rings (SSSR count). The maximum Gasteiger partial charge on any atom is 0.416 e. The predicted octanol–water partition coefficient (Wildman–Crippen LogP) is 4.96. The Bertz CT molecular complexity index is 771. The minimum atomic E-state index is -4.49. The van der Waals surface area contributed by atoms with Crippen LogP contribution in [0.5, 0.6) is 17.2 Å². The van der Waals surface area contributed by atoms with Crippen molar-refractivity contribution in [2.45, 2.75) is 26.1 Å². The molecule has 0 aliphatic carbocycles. The van der Waals surface area contributed by atoms with Gasteiger partial charge in [-0.05, 0) is 50.2 Å². The molecule has 0 saturated heterocycles. The van der Waals surface area contributed by atoms with Crippen LogP contribution in [0.2, 0.25) is 0 Å². The van der Waals surface area contributed by atoms with Crippen LogP contribution >= 0.6 is 0 Å². The van der Waals surface area contributed by atoms with E-state index in [-0.39, 0.29) is 23.3 Å². The number of nitrogens with zero attached hydrogens (tertiary/aromatic N) is 1. The number of hydrogen-bond acceptors (Lipinski definition) is 4. The van der Waals surface area contributed by atoms with Crippen LogP contribution in [0, 0.1) is 0 Å². The van der Waals surface area contributed by atoms with Gasteiger partial charge in [0.2, 0.25) is 0 Å². The van der Waals surface area contributed by atoms with Crippen molar-refractivity contribution in [2.24, 2.45) is 4.99 Å². The van der Waals surface area contributed by atoms with Crippen molar-refractivity contribution in [1.82, 2.24) is 0 Å². The van der Waals surface area contributed by atoms with E-state index in [1.807, 2.05) is 0 Å². The van der Waals surface area contributed by atoms with Crippen molar-refractivity contribution in [2.75, 3.05) is 7.11 Å². The fourth-order valence-electron chi connectivity index (χ4n) is 2.05. The summed E-state index contributed by atoms with van der Waals surface area (Å²) in [6, 6.07) is 7.59. The Balaban J connectivity index is 2.45. The zero-order chi connectivity index (χ0) is 18.6. The molecule has 0 fully saturated rings. The molecule has 2 aromatic carbocycles. The Morgan fingerprint density at radius 1 is 1.12 bits per heavy atom. The lowest BCUT2D eigenvalue weighted by molar-refractivity contribution is -0.137. The first-order valence-electron chi connectivity index (χ1n) is 7.49. The van der Waals surface area contributed by atoms with Gasteiger partial charge in [0.05, 0.1) is 18.8 Å². The smallest absolute Gasteiger partial charge is 0.416 e. The van der Waals surface area contributed by atoms with Gasteiger partial charge in [-0.3, -0.25) is 4.99 Å². The average molecular weight is 353 g/mol. The quantitative estimate of drug-likeness (QED) is 0.773. The molecule has 134 valence electrons. The Hall–Kier alpha value is -2.70. The number of alkyl halides is 3. The van der Waals surface area contributed by atoms with Gasteiger partial charge >= 0.3 is 6.18 Å². The van der Waals surface area contributed by atoms with Gasteiger partial charge in [0.25, 0.3) is 0 Å². The van der Waals surface area contributed by atoms with Crippen LogP contribution in [0.15, 0.2) is 41.4 Å². The number of benzene rings is 2. The second kappa shape index (κ2) is 7.46. The lowest BCUT2D eigenvalue weighted by atomic mass is 10.1. The van der Waals surface area contributed by atoms with Gasteiger partial charge in [0, 0.05) is 11.8 Å². The lowest BCUT2D eigenvalue weighted by Gasteiger charge is -2.14. The highest BCUT2D eigenvalue weighted by Crippen LogP contribution is 2.37. The first-order valence-corrected chi connectivity index (χ1v) is 7.49. The molecule has 2 aromatic rings. The standard InChI is InChI=1S/C18H18F3NO3/c1-11(2)25-17-7-4-13(18(19,20)21)9-15(17)22-10-12-8-14(24-3)5-6-16(12)23/h4-11,23H,1-3H3. The van der Waals surface area contributed by atoms with Gasteiger partial charge in [0.1, 0.15) is 22.9 Å². The second-order valence-electron chi connectivity index (χ2n) is 5.53. The van der Waals surface area contributed by atoms with Crippen molar-refractivity contribution < 1.29 is 27.8 Å². The van der Waals surface area contributed by atoms with E-state index in [9.17, 15) is 18.3 Å². The highest BCUT2D eigenvalue weighted by Gasteiger charge is 2.31. The molecule has 0 atom stereocenters. The number of halogens is 3. The van der Waals surface area contributed by atoms with Crippen LogP contribution in [-0.2, 0) is 6.18 Å². The largest absolute Gasteiger partial charge is 0.507 e. The molecule has 7 heteroatoms. The third kappa shape index (κ3) is 4.89. The summed E-state index contributed by atoms with van der Waals surface area (Å²) in [4.78, 5) is 4.07. The molecule has 0 heterocycles. The zero-order valence-electron chi connectivity index (χ0n) is 14.0. The third-order valence-corrected chi connectivity index (χ3v) is 3.23. The summed E-state index contributed by atoms with van der Waals surface area (Å²) in [6.45, 7) is 3.53. The topological polar surface area (TPSA) is 51.0 Å². The molecule has 0 spiro atoms. The first kappa shape index (κ1) is 18.6. The molecule has 0 aromatic heterocycles. The number of phenolic OH excluding ortho intramolecular Hbond substituents is 1. The zero-order valence-corrected chi connectivity index (χ0v) is 14.0. The molecule has 0 bridgehead atoms. The molecule has 0 unspecified atom stereocenters. The van der Waals surface area contributed by atoms with Gasteiger partial charge < -0.3 is 14.6 Å². The highest BCUT2D eigenvalue weighted by atomic mass is 19.4. The van der Waals surface area contributed by atoms with Crippen molar-refractivity contribution in [3.8, 4) is 17.2 Å². The third-order valence-electron chi connectivity index (χ3n) is 3.23. The molecule has 0 aliphatic heterocycles. The van der Waals surface area contributed by atoms with Crippen molar-refractivity contribution in [3.63, 3.8) is 0 Å². The summed E-state index contributed by atoms with van der Waals surface area (Å²) in [5.74, 6) is 0.645. The molecule has 0 amide bonds. The minimum Gasteiger partial charge on any atom is -0.507 e. The normalized spacial score (nSPS) is 12.0. The molecular weight excluding hydrogens is 335 g/mol. The van der Waals surface area contributed by atoms with Crippen LogP contribution in [-0.4, -0.2) is 24.5 Å². The van der Waals surface area contributed by atoms with Crippen LogP contribution in [0.4, 0.5) is 18.9 Å². The van der Waals surface area contributed by atoms with Crippen molar-refractivity contribution in [1.29, 1.82) is 0 Å². The van der Waals surface area contributed by atoms with Crippen LogP contribution in [0.25, 0.3) is 0 Å². The molecule has 25 heavy (non-hydrogen) atoms. The van der Waals surface area contributed by atoms with Gasteiger partial charge in [0.15, 0.2) is 0 Å². The lowest BCUT2D eigenvalue weighted by Crippen LogP contribution is -2.08. The van der Waals surface area contributed by atoms with Crippen LogP contribution in [0.3, 0.4) is 0 Å². The van der Waals surface area contributed by atoms with E-state index in [1.54, 1.807) is 19.9 Å². The Morgan fingerprint density at radius 2 is 1.84 bits per heavy atom. The van der Waals surface area contributed by atoms with Gasteiger partial charge in [-0.2, -0.15) is 13.2 Å². The number of hydrogen-bond donors (Lipinski definition) is 1. The van der Waals surface area contributed by atoms with E-state index >= 15 is 0 Å². The van der Waals surface area contributed by atoms with E-state index in [0.717, 1.165) is 12.1 Å². The van der Waals surface area contributed by atoms with Crippen molar-refractivity contribution in [3.05, 3.63) is 47.5 Å². The SMILES string of the molecule is COc1ccc(O)c(C=Nc2cc(C(F)(F)F)ccc2OC(C)C)c1. The maximum atomic E-state index is 12.9. The Labute approximate surface area is 143 Å². The summed E-state index contributed by atoms with van der Waals surface area (Å²) in [7, 11) is 1.47. The van der Waals surface area contributed by atoms with E-state index in [0.29, 0.717) is 11.3 Å². The number of ether oxygens (including phenoxy) is 2. The summed E-state index contributed by atoms with van der Waals surface area (Å²) >= 11 is 0. The monoisotopic (exact) mass is 353 g/mol. The highest BCUT2D eigenvalue weighted by molar-refractivity contribution is 5.86. The van der Waals surface area contributed by atoms with Crippen molar-refractivity contribution >= 4 is 11.9 Å². The molecular formula is C18H18F3NO3. The van der Waals surface area contributed by atoms with Crippen LogP contribution < -0.4 is 9.47 Å². The number of aliphatic imine (C=N–C) groups is 1. The number of rotatable bonds is 5. The van der Waals surface area contributed by atoms with Gasteiger partial charge in [-0.15, -0.1) is 0 Å². The minimum absolute atomic E-state index is 0.0192. The van der Waals surface area contributed by atoms with Crippen LogP contribution in [0.1, 0.15) is 25.0 Å².